The van der Waals surface area contributed by atoms with Gasteiger partial charge in [0.2, 0.25) is 10.0 Å². The number of sulfonamides is 1. The van der Waals surface area contributed by atoms with Crippen molar-refractivity contribution < 1.29 is 13.2 Å². The highest BCUT2D eigenvalue weighted by Crippen LogP contribution is 2.31. The van der Waals surface area contributed by atoms with Crippen LogP contribution in [-0.4, -0.2) is 33.5 Å². The lowest BCUT2D eigenvalue weighted by Gasteiger charge is -2.29. The molecule has 1 saturated heterocycles. The van der Waals surface area contributed by atoms with Gasteiger partial charge in [0.25, 0.3) is 5.91 Å². The zero-order chi connectivity index (χ0) is 21.9. The fourth-order valence-electron chi connectivity index (χ4n) is 3.82. The van der Waals surface area contributed by atoms with E-state index >= 15 is 0 Å². The largest absolute Gasteiger partial charge is 0.321 e. The second-order valence-corrected chi connectivity index (χ2v) is 9.88. The first-order valence-corrected chi connectivity index (χ1v) is 12.0. The summed E-state index contributed by atoms with van der Waals surface area (Å²) in [6.45, 7) is 7.21. The van der Waals surface area contributed by atoms with Crippen LogP contribution in [0.5, 0.6) is 0 Å². The lowest BCUT2D eigenvalue weighted by molar-refractivity contribution is 0.102. The first kappa shape index (κ1) is 22.7. The van der Waals surface area contributed by atoms with E-state index < -0.39 is 10.0 Å². The molecule has 0 bridgehead atoms. The number of benzene rings is 2. The molecule has 1 atom stereocenters. The number of rotatable bonds is 6. The van der Waals surface area contributed by atoms with Crippen LogP contribution in [-0.2, 0) is 10.0 Å². The lowest BCUT2D eigenvalue weighted by Crippen LogP contribution is -2.42. The summed E-state index contributed by atoms with van der Waals surface area (Å²) in [6, 6.07) is 10.1. The van der Waals surface area contributed by atoms with E-state index in [9.17, 15) is 13.2 Å². The van der Waals surface area contributed by atoms with Crippen LogP contribution in [0.1, 0.15) is 41.3 Å². The minimum atomic E-state index is -3.73. The van der Waals surface area contributed by atoms with E-state index in [1.54, 1.807) is 19.1 Å². The summed E-state index contributed by atoms with van der Waals surface area (Å²) in [4.78, 5) is 12.7. The summed E-state index contributed by atoms with van der Waals surface area (Å²) >= 11 is 6.45. The maximum absolute atomic E-state index is 13.0. The van der Waals surface area contributed by atoms with Crippen LogP contribution in [0.2, 0.25) is 5.02 Å². The molecular formula is C22H28ClN3O3S. The topological polar surface area (TPSA) is 87.3 Å². The minimum absolute atomic E-state index is 0.127. The van der Waals surface area contributed by atoms with Crippen molar-refractivity contribution in [2.24, 2.45) is 5.92 Å². The van der Waals surface area contributed by atoms with Gasteiger partial charge in [-0.3, -0.25) is 4.79 Å². The number of carbonyl (C=O) groups is 1. The number of amides is 1. The Labute approximate surface area is 183 Å². The third-order valence-electron chi connectivity index (χ3n) is 5.70. The Balaban J connectivity index is 1.79. The molecule has 0 aliphatic carbocycles. The number of hydrogen-bond donors (Lipinski definition) is 3. The molecule has 0 radical (unpaired) electrons. The molecule has 30 heavy (non-hydrogen) atoms. The Morgan fingerprint density at radius 1 is 1.13 bits per heavy atom. The van der Waals surface area contributed by atoms with Gasteiger partial charge in [0.05, 0.1) is 15.6 Å². The van der Waals surface area contributed by atoms with E-state index in [1.165, 1.54) is 12.1 Å². The zero-order valence-electron chi connectivity index (χ0n) is 17.5. The molecule has 1 amide bonds. The number of halogens is 1. The van der Waals surface area contributed by atoms with Crippen molar-refractivity contribution in [3.63, 3.8) is 0 Å². The number of hydrogen-bond acceptors (Lipinski definition) is 4. The molecule has 0 saturated carbocycles. The maximum Gasteiger partial charge on any atom is 0.255 e. The predicted octanol–water partition coefficient (Wildman–Crippen LogP) is 3.88. The molecule has 3 N–H and O–H groups in total. The van der Waals surface area contributed by atoms with Gasteiger partial charge in [0, 0.05) is 11.6 Å². The van der Waals surface area contributed by atoms with Crippen LogP contribution >= 0.6 is 11.6 Å². The molecule has 1 fully saturated rings. The first-order valence-electron chi connectivity index (χ1n) is 10.1. The monoisotopic (exact) mass is 449 g/mol. The smallest absolute Gasteiger partial charge is 0.255 e. The predicted molar refractivity (Wildman–Crippen MR) is 121 cm³/mol. The number of anilines is 1. The van der Waals surface area contributed by atoms with E-state index in [0.29, 0.717) is 22.7 Å². The molecule has 1 aliphatic rings. The zero-order valence-corrected chi connectivity index (χ0v) is 19.0. The highest BCUT2D eigenvalue weighted by Gasteiger charge is 2.27. The lowest BCUT2D eigenvalue weighted by atomic mass is 9.92. The summed E-state index contributed by atoms with van der Waals surface area (Å²) in [5, 5.41) is 6.29. The van der Waals surface area contributed by atoms with Crippen molar-refractivity contribution in [1.29, 1.82) is 0 Å². The Hall–Kier alpha value is -1.93. The first-order chi connectivity index (χ1) is 14.2. The Bertz CT molecular complexity index is 1030. The van der Waals surface area contributed by atoms with Crippen molar-refractivity contribution in [2.45, 2.75) is 44.6 Å². The van der Waals surface area contributed by atoms with Crippen molar-refractivity contribution >= 4 is 33.2 Å². The van der Waals surface area contributed by atoms with E-state index in [2.05, 4.69) is 15.4 Å². The van der Waals surface area contributed by atoms with Crippen LogP contribution < -0.4 is 15.4 Å². The van der Waals surface area contributed by atoms with E-state index in [1.807, 2.05) is 26.0 Å². The Kier molecular flexibility index (Phi) is 7.18. The van der Waals surface area contributed by atoms with Crippen molar-refractivity contribution in [2.75, 3.05) is 18.4 Å². The quantitative estimate of drug-likeness (QED) is 0.624. The van der Waals surface area contributed by atoms with E-state index in [4.69, 9.17) is 11.6 Å². The molecule has 8 heteroatoms. The van der Waals surface area contributed by atoms with E-state index in [0.717, 1.165) is 31.5 Å². The third kappa shape index (κ3) is 5.03. The summed E-state index contributed by atoms with van der Waals surface area (Å²) in [6.07, 6.45) is 1.88. The molecule has 1 unspecified atom stereocenters. The third-order valence-corrected chi connectivity index (χ3v) is 7.89. The average molecular weight is 450 g/mol. The molecule has 1 aliphatic heterocycles. The van der Waals surface area contributed by atoms with Gasteiger partial charge in [-0.05, 0) is 81.9 Å². The van der Waals surface area contributed by atoms with Crippen LogP contribution in [0.3, 0.4) is 0 Å². The minimum Gasteiger partial charge on any atom is -0.321 e. The van der Waals surface area contributed by atoms with Gasteiger partial charge in [0.1, 0.15) is 0 Å². The molecule has 2 aromatic rings. The molecule has 0 spiro atoms. The highest BCUT2D eigenvalue weighted by molar-refractivity contribution is 7.89. The normalized spacial score (nSPS) is 16.3. The molecular weight excluding hydrogens is 422 g/mol. The summed E-state index contributed by atoms with van der Waals surface area (Å²) in [5.41, 5.74) is 2.18. The van der Waals surface area contributed by atoms with Gasteiger partial charge in [-0.1, -0.05) is 29.8 Å². The number of carbonyl (C=O) groups excluding carboxylic acids is 1. The SMILES string of the molecule is Cc1ccccc1C(=O)Nc1ccc(S(=O)(=O)NC(C)C2CCNCC2)c(C)c1Cl. The van der Waals surface area contributed by atoms with Crippen LogP contribution in [0.4, 0.5) is 5.69 Å². The number of aryl methyl sites for hydroxylation is 1. The summed E-state index contributed by atoms with van der Waals surface area (Å²) in [7, 11) is -3.73. The molecule has 3 rings (SSSR count). The number of nitrogens with one attached hydrogen (secondary N) is 3. The van der Waals surface area contributed by atoms with Gasteiger partial charge < -0.3 is 10.6 Å². The Morgan fingerprint density at radius 2 is 1.80 bits per heavy atom. The fraction of sp³-hybridized carbons (Fsp3) is 0.409. The number of piperidine rings is 1. The maximum atomic E-state index is 13.0. The standard InChI is InChI=1S/C22H28ClN3O3S/c1-14-6-4-5-7-18(14)22(27)25-19-8-9-20(15(2)21(19)23)30(28,29)26-16(3)17-10-12-24-13-11-17/h4-9,16-17,24,26H,10-13H2,1-3H3,(H,25,27). The Morgan fingerprint density at radius 3 is 2.47 bits per heavy atom. The van der Waals surface area contributed by atoms with Crippen LogP contribution in [0, 0.1) is 19.8 Å². The van der Waals surface area contributed by atoms with Crippen molar-refractivity contribution in [3.05, 3.63) is 58.1 Å². The molecule has 6 nitrogen and oxygen atoms in total. The van der Waals surface area contributed by atoms with Crippen molar-refractivity contribution in [3.8, 4) is 0 Å². The van der Waals surface area contributed by atoms with E-state index in [-0.39, 0.29) is 21.9 Å². The molecule has 0 aromatic heterocycles. The van der Waals surface area contributed by atoms with Crippen LogP contribution in [0.15, 0.2) is 41.3 Å². The summed E-state index contributed by atoms with van der Waals surface area (Å²) in [5.74, 6) is 0.00661. The van der Waals surface area contributed by atoms with Gasteiger partial charge in [0.15, 0.2) is 0 Å². The average Bonchev–Trinajstić information content (AvgIpc) is 2.72. The van der Waals surface area contributed by atoms with Gasteiger partial charge in [-0.15, -0.1) is 0 Å². The van der Waals surface area contributed by atoms with Crippen molar-refractivity contribution in [1.82, 2.24) is 10.0 Å². The van der Waals surface area contributed by atoms with Gasteiger partial charge in [-0.2, -0.15) is 0 Å². The fourth-order valence-corrected chi connectivity index (χ4v) is 5.65. The second-order valence-electron chi connectivity index (χ2n) is 7.82. The van der Waals surface area contributed by atoms with Gasteiger partial charge in [-0.25, -0.2) is 13.1 Å². The second kappa shape index (κ2) is 9.47. The molecule has 2 aromatic carbocycles. The van der Waals surface area contributed by atoms with Gasteiger partial charge >= 0.3 is 0 Å². The van der Waals surface area contributed by atoms with Crippen LogP contribution in [0.25, 0.3) is 0 Å². The highest BCUT2D eigenvalue weighted by atomic mass is 35.5. The molecule has 162 valence electrons. The molecule has 1 heterocycles. The summed E-state index contributed by atoms with van der Waals surface area (Å²) < 4.78 is 28.8.